The van der Waals surface area contributed by atoms with Crippen molar-refractivity contribution in [2.24, 2.45) is 11.7 Å². The van der Waals surface area contributed by atoms with Crippen LogP contribution in [0.2, 0.25) is 5.02 Å². The van der Waals surface area contributed by atoms with Crippen LogP contribution in [-0.4, -0.2) is 42.7 Å². The Kier molecular flexibility index (Phi) is 6.45. The minimum atomic E-state index is -0.852. The Morgan fingerprint density at radius 3 is 2.57 bits per heavy atom. The predicted octanol–water partition coefficient (Wildman–Crippen LogP) is 4.04. The average molecular weight is 506 g/mol. The van der Waals surface area contributed by atoms with Gasteiger partial charge in [-0.2, -0.15) is 4.98 Å². The third-order valence-corrected chi connectivity index (χ3v) is 7.23. The van der Waals surface area contributed by atoms with Gasteiger partial charge in [0, 0.05) is 18.0 Å². The number of nitrogens with two attached hydrogens (primary N) is 1. The molecule has 2 aliphatic carbocycles. The van der Waals surface area contributed by atoms with Crippen LogP contribution in [0.1, 0.15) is 51.0 Å². The number of carbonyl (C=O) groups is 1. The zero-order chi connectivity index (χ0) is 24.7. The first-order valence-electron chi connectivity index (χ1n) is 11.7. The quantitative estimate of drug-likeness (QED) is 0.397. The monoisotopic (exact) mass is 505 g/mol. The molecule has 2 fully saturated rings. The smallest absolute Gasteiger partial charge is 0.225 e. The maximum Gasteiger partial charge on any atom is 0.225 e. The van der Waals surface area contributed by atoms with Crippen LogP contribution in [0.5, 0.6) is 0 Å². The SMILES string of the molecule is NC(=O)[C@H]1CC[C@@H](n2c(Nc3c(F)cc(F)cc3Cl)nc3cnc(N[C@@H]4CCC[C@H]4O)nc32)CC1. The van der Waals surface area contributed by atoms with E-state index in [0.717, 1.165) is 31.4 Å². The zero-order valence-corrected chi connectivity index (χ0v) is 19.6. The molecule has 2 atom stereocenters. The summed E-state index contributed by atoms with van der Waals surface area (Å²) >= 11 is 6.12. The Labute approximate surface area is 205 Å². The van der Waals surface area contributed by atoms with Gasteiger partial charge in [0.25, 0.3) is 0 Å². The van der Waals surface area contributed by atoms with Crippen molar-refractivity contribution < 1.29 is 18.7 Å². The number of carbonyl (C=O) groups excluding carboxylic acids is 1. The number of nitrogens with zero attached hydrogens (tertiary/aromatic N) is 4. The summed E-state index contributed by atoms with van der Waals surface area (Å²) in [7, 11) is 0. The molecule has 3 aromatic rings. The molecule has 0 spiro atoms. The van der Waals surface area contributed by atoms with Gasteiger partial charge in [0.2, 0.25) is 17.8 Å². The lowest BCUT2D eigenvalue weighted by Gasteiger charge is -2.29. The van der Waals surface area contributed by atoms with E-state index in [1.54, 1.807) is 6.20 Å². The number of aliphatic hydroxyl groups is 1. The van der Waals surface area contributed by atoms with Gasteiger partial charge in [-0.05, 0) is 51.0 Å². The van der Waals surface area contributed by atoms with Gasteiger partial charge in [-0.25, -0.2) is 18.7 Å². The van der Waals surface area contributed by atoms with Crippen molar-refractivity contribution in [1.29, 1.82) is 0 Å². The summed E-state index contributed by atoms with van der Waals surface area (Å²) in [6.07, 6.45) is 6.04. The molecule has 0 unspecified atom stereocenters. The lowest BCUT2D eigenvalue weighted by atomic mass is 9.85. The maximum atomic E-state index is 14.6. The minimum absolute atomic E-state index is 0.0970. The first-order chi connectivity index (χ1) is 16.8. The Balaban J connectivity index is 1.54. The van der Waals surface area contributed by atoms with Gasteiger partial charge in [0.15, 0.2) is 11.5 Å². The molecule has 1 aromatic carbocycles. The summed E-state index contributed by atoms with van der Waals surface area (Å²) in [5.74, 6) is -1.52. The zero-order valence-electron chi connectivity index (χ0n) is 18.8. The fourth-order valence-electron chi connectivity index (χ4n) is 5.06. The Morgan fingerprint density at radius 2 is 1.91 bits per heavy atom. The number of halogens is 3. The number of amides is 1. The topological polar surface area (TPSA) is 131 Å². The van der Waals surface area contributed by atoms with Gasteiger partial charge in [-0.15, -0.1) is 0 Å². The molecule has 0 aliphatic heterocycles. The lowest BCUT2D eigenvalue weighted by Crippen LogP contribution is -2.29. The van der Waals surface area contributed by atoms with Crippen LogP contribution in [0, 0.1) is 17.6 Å². The fourth-order valence-corrected chi connectivity index (χ4v) is 5.30. The summed E-state index contributed by atoms with van der Waals surface area (Å²) in [6.45, 7) is 0. The third kappa shape index (κ3) is 4.74. The van der Waals surface area contributed by atoms with Gasteiger partial charge in [0.05, 0.1) is 29.1 Å². The van der Waals surface area contributed by atoms with Crippen molar-refractivity contribution in [3.05, 3.63) is 35.0 Å². The molecule has 0 bridgehead atoms. The van der Waals surface area contributed by atoms with Gasteiger partial charge in [0.1, 0.15) is 11.3 Å². The molecule has 2 aromatic heterocycles. The Hall–Kier alpha value is -3.05. The number of imidazole rings is 1. The number of hydrogen-bond acceptors (Lipinski definition) is 7. The molecular weight excluding hydrogens is 480 g/mol. The number of rotatable bonds is 6. The highest BCUT2D eigenvalue weighted by Crippen LogP contribution is 2.38. The van der Waals surface area contributed by atoms with E-state index in [0.29, 0.717) is 42.8 Å². The number of anilines is 3. The van der Waals surface area contributed by atoms with Gasteiger partial charge < -0.3 is 21.5 Å². The van der Waals surface area contributed by atoms with Crippen LogP contribution in [0.25, 0.3) is 11.2 Å². The van der Waals surface area contributed by atoms with Crippen LogP contribution in [0.15, 0.2) is 18.3 Å². The highest BCUT2D eigenvalue weighted by molar-refractivity contribution is 6.33. The largest absolute Gasteiger partial charge is 0.391 e. The van der Waals surface area contributed by atoms with Gasteiger partial charge in [-0.3, -0.25) is 9.36 Å². The standard InChI is InChI=1S/C23H26ClF2N7O2/c24-14-8-12(25)9-15(26)19(14)31-23-30-17-10-28-22(29-16-2-1-3-18(16)34)32-21(17)33(23)13-6-4-11(5-7-13)20(27)35/h8-11,13,16,18,34H,1-7H2,(H2,27,35)(H,30,31)(H,28,29,32)/t11-,13+,16-,18-/m1/s1. The van der Waals surface area contributed by atoms with Crippen molar-refractivity contribution in [1.82, 2.24) is 19.5 Å². The number of nitrogens with one attached hydrogen (secondary N) is 2. The molecular formula is C23H26ClF2N7O2. The number of primary amides is 1. The Morgan fingerprint density at radius 1 is 1.14 bits per heavy atom. The number of hydrogen-bond donors (Lipinski definition) is 4. The van der Waals surface area contributed by atoms with Crippen LogP contribution in [-0.2, 0) is 4.79 Å². The van der Waals surface area contributed by atoms with E-state index in [1.807, 2.05) is 4.57 Å². The number of aromatic nitrogens is 4. The van der Waals surface area contributed by atoms with Crippen molar-refractivity contribution in [2.45, 2.75) is 63.1 Å². The van der Waals surface area contributed by atoms with E-state index in [1.165, 1.54) is 0 Å². The highest BCUT2D eigenvalue weighted by Gasteiger charge is 2.30. The predicted molar refractivity (Wildman–Crippen MR) is 127 cm³/mol. The molecule has 0 saturated heterocycles. The number of fused-ring (bicyclic) bond motifs is 1. The number of benzene rings is 1. The summed E-state index contributed by atoms with van der Waals surface area (Å²) in [4.78, 5) is 25.2. The molecule has 5 rings (SSSR count). The highest BCUT2D eigenvalue weighted by atomic mass is 35.5. The Bertz CT molecular complexity index is 1240. The molecule has 35 heavy (non-hydrogen) atoms. The molecule has 0 radical (unpaired) electrons. The summed E-state index contributed by atoms with van der Waals surface area (Å²) in [5, 5.41) is 16.2. The van der Waals surface area contributed by atoms with Gasteiger partial charge in [-0.1, -0.05) is 11.6 Å². The van der Waals surface area contributed by atoms with Crippen LogP contribution in [0.3, 0.4) is 0 Å². The second-order valence-corrected chi connectivity index (χ2v) is 9.64. The molecule has 2 aliphatic rings. The molecule has 2 saturated carbocycles. The average Bonchev–Trinajstić information content (AvgIpc) is 3.38. The summed E-state index contributed by atoms with van der Waals surface area (Å²) in [5.41, 5.74) is 6.39. The molecule has 1 amide bonds. The second-order valence-electron chi connectivity index (χ2n) is 9.23. The first kappa shape index (κ1) is 23.7. The minimum Gasteiger partial charge on any atom is -0.391 e. The van der Waals surface area contributed by atoms with E-state index < -0.39 is 17.7 Å². The second kappa shape index (κ2) is 9.54. The van der Waals surface area contributed by atoms with Crippen LogP contribution in [0.4, 0.5) is 26.4 Å². The van der Waals surface area contributed by atoms with Crippen molar-refractivity contribution in [3.8, 4) is 0 Å². The summed E-state index contributed by atoms with van der Waals surface area (Å²) in [6, 6.07) is 1.53. The van der Waals surface area contributed by atoms with Gasteiger partial charge >= 0.3 is 0 Å². The van der Waals surface area contributed by atoms with Crippen molar-refractivity contribution in [3.63, 3.8) is 0 Å². The van der Waals surface area contributed by atoms with E-state index in [2.05, 4.69) is 25.6 Å². The van der Waals surface area contributed by atoms with E-state index in [-0.39, 0.29) is 40.6 Å². The summed E-state index contributed by atoms with van der Waals surface area (Å²) < 4.78 is 30.0. The fraction of sp³-hybridized carbons (Fsp3) is 0.478. The normalized spacial score (nSPS) is 24.6. The van der Waals surface area contributed by atoms with Crippen molar-refractivity contribution >= 4 is 46.3 Å². The molecule has 5 N–H and O–H groups in total. The van der Waals surface area contributed by atoms with Crippen molar-refractivity contribution in [2.75, 3.05) is 10.6 Å². The molecule has 12 heteroatoms. The van der Waals surface area contributed by atoms with E-state index >= 15 is 0 Å². The molecule has 186 valence electrons. The third-order valence-electron chi connectivity index (χ3n) is 6.93. The van der Waals surface area contributed by atoms with E-state index in [9.17, 15) is 18.7 Å². The lowest BCUT2D eigenvalue weighted by molar-refractivity contribution is -0.122. The van der Waals surface area contributed by atoms with E-state index in [4.69, 9.17) is 17.3 Å². The molecule has 9 nitrogen and oxygen atoms in total. The number of aliphatic hydroxyl groups excluding tert-OH is 1. The maximum absolute atomic E-state index is 14.6. The molecule has 2 heterocycles. The van der Waals surface area contributed by atoms with Crippen LogP contribution < -0.4 is 16.4 Å². The first-order valence-corrected chi connectivity index (χ1v) is 12.1. The van der Waals surface area contributed by atoms with Crippen LogP contribution >= 0.6 is 11.6 Å².